The second-order valence-electron chi connectivity index (χ2n) is 5.23. The summed E-state index contributed by atoms with van der Waals surface area (Å²) >= 11 is 0. The van der Waals surface area contributed by atoms with Crippen LogP contribution in [0.25, 0.3) is 0 Å². The van der Waals surface area contributed by atoms with E-state index in [0.717, 1.165) is 5.56 Å². The van der Waals surface area contributed by atoms with Crippen LogP contribution in [0.5, 0.6) is 0 Å². The van der Waals surface area contributed by atoms with Gasteiger partial charge in [-0.2, -0.15) is 0 Å². The van der Waals surface area contributed by atoms with E-state index in [1.54, 1.807) is 17.0 Å². The Bertz CT molecular complexity index is 634. The molecule has 0 aliphatic carbocycles. The summed E-state index contributed by atoms with van der Waals surface area (Å²) in [7, 11) is 0. The molecule has 1 aromatic carbocycles. The molecular formula is C15H20N4O. The summed E-state index contributed by atoms with van der Waals surface area (Å²) in [6.45, 7) is 5.37. The molecule has 0 saturated heterocycles. The third-order valence-electron chi connectivity index (χ3n) is 2.89. The molecule has 0 amide bonds. The Morgan fingerprint density at radius 3 is 2.90 bits per heavy atom. The van der Waals surface area contributed by atoms with Crippen LogP contribution in [0.4, 0.5) is 11.5 Å². The smallest absolute Gasteiger partial charge is 0.293 e. The second kappa shape index (κ2) is 6.23. The van der Waals surface area contributed by atoms with Gasteiger partial charge in [-0.3, -0.25) is 4.79 Å². The third-order valence-corrected chi connectivity index (χ3v) is 2.89. The lowest BCUT2D eigenvalue weighted by atomic mass is 10.2. The van der Waals surface area contributed by atoms with E-state index < -0.39 is 0 Å². The fourth-order valence-corrected chi connectivity index (χ4v) is 1.99. The minimum Gasteiger partial charge on any atom is -0.399 e. The molecule has 2 aromatic rings. The minimum absolute atomic E-state index is 0.0925. The van der Waals surface area contributed by atoms with Gasteiger partial charge >= 0.3 is 0 Å². The van der Waals surface area contributed by atoms with Crippen molar-refractivity contribution >= 4 is 11.5 Å². The Morgan fingerprint density at radius 1 is 1.40 bits per heavy atom. The maximum absolute atomic E-state index is 12.2. The molecule has 0 saturated carbocycles. The lowest BCUT2D eigenvalue weighted by molar-refractivity contribution is 0.509. The number of benzene rings is 1. The van der Waals surface area contributed by atoms with Crippen LogP contribution in [0.3, 0.4) is 0 Å². The average molecular weight is 272 g/mol. The van der Waals surface area contributed by atoms with E-state index in [2.05, 4.69) is 24.1 Å². The number of nitrogens with one attached hydrogen (secondary N) is 1. The summed E-state index contributed by atoms with van der Waals surface area (Å²) < 4.78 is 1.68. The Labute approximate surface area is 118 Å². The molecule has 0 aliphatic heterocycles. The van der Waals surface area contributed by atoms with Crippen molar-refractivity contribution in [1.82, 2.24) is 9.55 Å². The molecule has 1 aromatic heterocycles. The third kappa shape index (κ3) is 3.60. The Balaban J connectivity index is 2.12. The molecule has 0 spiro atoms. The molecule has 20 heavy (non-hydrogen) atoms. The van der Waals surface area contributed by atoms with Gasteiger partial charge in [0.25, 0.3) is 5.56 Å². The number of anilines is 2. The van der Waals surface area contributed by atoms with Crippen LogP contribution in [0, 0.1) is 5.92 Å². The van der Waals surface area contributed by atoms with Gasteiger partial charge in [0.2, 0.25) is 0 Å². The van der Waals surface area contributed by atoms with Gasteiger partial charge in [0.1, 0.15) is 0 Å². The van der Waals surface area contributed by atoms with E-state index in [1.807, 2.05) is 24.3 Å². The SMILES string of the molecule is CC(C)Cn1ccnc(NCc2cccc(N)c2)c1=O. The molecule has 0 atom stereocenters. The summed E-state index contributed by atoms with van der Waals surface area (Å²) in [5.74, 6) is 0.785. The number of nitrogens with zero attached hydrogens (tertiary/aromatic N) is 2. The largest absolute Gasteiger partial charge is 0.399 e. The Morgan fingerprint density at radius 2 is 2.20 bits per heavy atom. The van der Waals surface area contributed by atoms with Crippen LogP contribution in [0.15, 0.2) is 41.5 Å². The molecule has 106 valence electrons. The summed E-state index contributed by atoms with van der Waals surface area (Å²) in [4.78, 5) is 16.3. The zero-order valence-corrected chi connectivity index (χ0v) is 11.8. The number of nitrogen functional groups attached to an aromatic ring is 1. The van der Waals surface area contributed by atoms with Crippen molar-refractivity contribution in [3.8, 4) is 0 Å². The first-order valence-electron chi connectivity index (χ1n) is 6.70. The molecule has 0 radical (unpaired) electrons. The maximum Gasteiger partial charge on any atom is 0.293 e. The van der Waals surface area contributed by atoms with E-state index in [4.69, 9.17) is 5.73 Å². The average Bonchev–Trinajstić information content (AvgIpc) is 2.39. The lowest BCUT2D eigenvalue weighted by Gasteiger charge is -2.11. The summed E-state index contributed by atoms with van der Waals surface area (Å²) in [6, 6.07) is 7.56. The van der Waals surface area contributed by atoms with Crippen molar-refractivity contribution in [2.75, 3.05) is 11.1 Å². The fourth-order valence-electron chi connectivity index (χ4n) is 1.99. The molecule has 0 unspecified atom stereocenters. The number of aromatic nitrogens is 2. The zero-order chi connectivity index (χ0) is 14.5. The van der Waals surface area contributed by atoms with Gasteiger partial charge in [-0.15, -0.1) is 0 Å². The molecule has 5 heteroatoms. The van der Waals surface area contributed by atoms with Crippen LogP contribution in [0.1, 0.15) is 19.4 Å². The highest BCUT2D eigenvalue weighted by atomic mass is 16.1. The molecule has 1 heterocycles. The van der Waals surface area contributed by atoms with E-state index in [9.17, 15) is 4.79 Å². The molecule has 0 aliphatic rings. The predicted octanol–water partition coefficient (Wildman–Crippen LogP) is 2.09. The van der Waals surface area contributed by atoms with Gasteiger partial charge in [0.05, 0.1) is 0 Å². The highest BCUT2D eigenvalue weighted by molar-refractivity contribution is 5.42. The van der Waals surface area contributed by atoms with E-state index in [1.165, 1.54) is 0 Å². The first-order chi connectivity index (χ1) is 9.56. The van der Waals surface area contributed by atoms with Crippen LogP contribution < -0.4 is 16.6 Å². The minimum atomic E-state index is -0.0925. The summed E-state index contributed by atoms with van der Waals surface area (Å²) in [6.07, 6.45) is 3.36. The highest BCUT2D eigenvalue weighted by Crippen LogP contribution is 2.08. The normalized spacial score (nSPS) is 10.8. The lowest BCUT2D eigenvalue weighted by Crippen LogP contribution is -2.25. The topological polar surface area (TPSA) is 72.9 Å². The number of hydrogen-bond acceptors (Lipinski definition) is 4. The van der Waals surface area contributed by atoms with Gasteiger partial charge in [-0.1, -0.05) is 26.0 Å². The van der Waals surface area contributed by atoms with Crippen molar-refractivity contribution in [2.45, 2.75) is 26.9 Å². The van der Waals surface area contributed by atoms with E-state index in [0.29, 0.717) is 30.5 Å². The van der Waals surface area contributed by atoms with Crippen molar-refractivity contribution in [3.05, 3.63) is 52.6 Å². The van der Waals surface area contributed by atoms with Gasteiger partial charge in [-0.05, 0) is 23.6 Å². The first-order valence-corrected chi connectivity index (χ1v) is 6.70. The number of nitrogens with two attached hydrogens (primary N) is 1. The first kappa shape index (κ1) is 14.1. The molecule has 2 rings (SSSR count). The van der Waals surface area contributed by atoms with E-state index in [-0.39, 0.29) is 5.56 Å². The Kier molecular flexibility index (Phi) is 4.40. The molecule has 3 N–H and O–H groups in total. The van der Waals surface area contributed by atoms with Gasteiger partial charge in [0, 0.05) is 31.2 Å². The standard InChI is InChI=1S/C15H20N4O/c1-11(2)10-19-7-6-17-14(15(19)20)18-9-12-4-3-5-13(16)8-12/h3-8,11H,9-10,16H2,1-2H3,(H,17,18). The zero-order valence-electron chi connectivity index (χ0n) is 11.8. The highest BCUT2D eigenvalue weighted by Gasteiger charge is 2.05. The van der Waals surface area contributed by atoms with Gasteiger partial charge in [-0.25, -0.2) is 4.98 Å². The van der Waals surface area contributed by atoms with Gasteiger partial charge in [0.15, 0.2) is 5.82 Å². The maximum atomic E-state index is 12.2. The molecule has 0 fully saturated rings. The molecule has 5 nitrogen and oxygen atoms in total. The van der Waals surface area contributed by atoms with Crippen molar-refractivity contribution < 1.29 is 0 Å². The van der Waals surface area contributed by atoms with Crippen LogP contribution >= 0.6 is 0 Å². The van der Waals surface area contributed by atoms with Gasteiger partial charge < -0.3 is 15.6 Å². The number of rotatable bonds is 5. The van der Waals surface area contributed by atoms with Crippen LogP contribution in [0.2, 0.25) is 0 Å². The quantitative estimate of drug-likeness (QED) is 0.817. The van der Waals surface area contributed by atoms with Crippen molar-refractivity contribution in [1.29, 1.82) is 0 Å². The number of hydrogen-bond donors (Lipinski definition) is 2. The summed E-state index contributed by atoms with van der Waals surface area (Å²) in [5.41, 5.74) is 7.36. The summed E-state index contributed by atoms with van der Waals surface area (Å²) in [5, 5.41) is 3.07. The van der Waals surface area contributed by atoms with Crippen LogP contribution in [-0.2, 0) is 13.1 Å². The second-order valence-corrected chi connectivity index (χ2v) is 5.23. The van der Waals surface area contributed by atoms with Crippen LogP contribution in [-0.4, -0.2) is 9.55 Å². The van der Waals surface area contributed by atoms with E-state index >= 15 is 0 Å². The van der Waals surface area contributed by atoms with Crippen molar-refractivity contribution in [2.24, 2.45) is 5.92 Å². The van der Waals surface area contributed by atoms with Crippen molar-refractivity contribution in [3.63, 3.8) is 0 Å². The molecule has 0 bridgehead atoms. The Hall–Kier alpha value is -2.30. The fraction of sp³-hybridized carbons (Fsp3) is 0.333. The monoisotopic (exact) mass is 272 g/mol. The molecular weight excluding hydrogens is 252 g/mol. The predicted molar refractivity (Wildman–Crippen MR) is 81.5 cm³/mol.